The number of hydrogen-bond donors (Lipinski definition) is 2. The van der Waals surface area contributed by atoms with Crippen molar-refractivity contribution in [3.8, 4) is 0 Å². The monoisotopic (exact) mass is 417 g/mol. The molecule has 6 nitrogen and oxygen atoms in total. The highest BCUT2D eigenvalue weighted by Gasteiger charge is 2.35. The molecule has 3 amide bonds. The Hall–Kier alpha value is -2.93. The van der Waals surface area contributed by atoms with Gasteiger partial charge in [-0.05, 0) is 36.8 Å². The van der Waals surface area contributed by atoms with Crippen LogP contribution in [0, 0.1) is 11.7 Å². The van der Waals surface area contributed by atoms with Crippen molar-refractivity contribution in [1.29, 1.82) is 0 Å². The molecule has 0 aromatic heterocycles. The van der Waals surface area contributed by atoms with Crippen LogP contribution in [0.1, 0.15) is 30.1 Å². The van der Waals surface area contributed by atoms with Crippen LogP contribution in [0.3, 0.4) is 0 Å². The molecule has 8 heteroatoms. The molecule has 1 heterocycles. The second-order valence-electron chi connectivity index (χ2n) is 6.79. The number of nitrogens with one attached hydrogen (secondary N) is 2. The SMILES string of the molecule is CCCNC(=O)c1ccccc1NC(=O)C1CC(=O)N(c2ccc(F)c(Cl)c2)C1. The van der Waals surface area contributed by atoms with E-state index in [1.54, 1.807) is 24.3 Å². The second kappa shape index (κ2) is 9.05. The Morgan fingerprint density at radius 3 is 2.72 bits per heavy atom. The van der Waals surface area contributed by atoms with Crippen LogP contribution in [0.2, 0.25) is 5.02 Å². The van der Waals surface area contributed by atoms with E-state index in [1.165, 1.54) is 23.1 Å². The first kappa shape index (κ1) is 20.8. The third-order valence-corrected chi connectivity index (χ3v) is 4.97. The zero-order valence-corrected chi connectivity index (χ0v) is 16.6. The normalized spacial score (nSPS) is 16.0. The van der Waals surface area contributed by atoms with Crippen molar-refractivity contribution in [3.63, 3.8) is 0 Å². The van der Waals surface area contributed by atoms with Crippen molar-refractivity contribution in [2.75, 3.05) is 23.3 Å². The lowest BCUT2D eigenvalue weighted by atomic mass is 10.1. The molecule has 1 unspecified atom stereocenters. The van der Waals surface area contributed by atoms with Gasteiger partial charge in [0, 0.05) is 25.2 Å². The van der Waals surface area contributed by atoms with E-state index in [9.17, 15) is 18.8 Å². The summed E-state index contributed by atoms with van der Waals surface area (Å²) in [5, 5.41) is 5.45. The quantitative estimate of drug-likeness (QED) is 0.753. The number of benzene rings is 2. The van der Waals surface area contributed by atoms with Gasteiger partial charge in [-0.1, -0.05) is 30.7 Å². The molecule has 152 valence electrons. The van der Waals surface area contributed by atoms with E-state index in [0.29, 0.717) is 23.5 Å². The zero-order chi connectivity index (χ0) is 21.0. The van der Waals surface area contributed by atoms with Crippen LogP contribution in [0.4, 0.5) is 15.8 Å². The van der Waals surface area contributed by atoms with Crippen molar-refractivity contribution in [2.45, 2.75) is 19.8 Å². The first-order chi connectivity index (χ1) is 13.9. The van der Waals surface area contributed by atoms with Crippen LogP contribution in [-0.2, 0) is 9.59 Å². The lowest BCUT2D eigenvalue weighted by molar-refractivity contribution is -0.122. The van der Waals surface area contributed by atoms with Gasteiger partial charge in [-0.2, -0.15) is 0 Å². The first-order valence-electron chi connectivity index (χ1n) is 9.34. The topological polar surface area (TPSA) is 78.5 Å². The van der Waals surface area contributed by atoms with Gasteiger partial charge in [0.2, 0.25) is 11.8 Å². The van der Waals surface area contributed by atoms with Crippen LogP contribution in [0.5, 0.6) is 0 Å². The van der Waals surface area contributed by atoms with E-state index >= 15 is 0 Å². The van der Waals surface area contributed by atoms with Crippen molar-refractivity contribution in [3.05, 3.63) is 58.9 Å². The number of anilines is 2. The average molecular weight is 418 g/mol. The van der Waals surface area contributed by atoms with E-state index in [0.717, 1.165) is 6.42 Å². The van der Waals surface area contributed by atoms with Crippen LogP contribution < -0.4 is 15.5 Å². The van der Waals surface area contributed by atoms with Crippen molar-refractivity contribution in [1.82, 2.24) is 5.32 Å². The number of rotatable bonds is 6. The predicted octanol–water partition coefficient (Wildman–Crippen LogP) is 3.61. The predicted molar refractivity (Wildman–Crippen MR) is 110 cm³/mol. The fourth-order valence-electron chi connectivity index (χ4n) is 3.14. The van der Waals surface area contributed by atoms with Gasteiger partial charge in [-0.3, -0.25) is 14.4 Å². The van der Waals surface area contributed by atoms with Crippen LogP contribution in [0.15, 0.2) is 42.5 Å². The Kier molecular flexibility index (Phi) is 6.49. The summed E-state index contributed by atoms with van der Waals surface area (Å²) in [7, 11) is 0. The summed E-state index contributed by atoms with van der Waals surface area (Å²) in [6, 6.07) is 10.7. The second-order valence-corrected chi connectivity index (χ2v) is 7.20. The van der Waals surface area contributed by atoms with Gasteiger partial charge in [-0.15, -0.1) is 0 Å². The van der Waals surface area contributed by atoms with Crippen molar-refractivity contribution < 1.29 is 18.8 Å². The third kappa shape index (κ3) is 4.74. The van der Waals surface area contributed by atoms with Gasteiger partial charge < -0.3 is 15.5 Å². The highest BCUT2D eigenvalue weighted by molar-refractivity contribution is 6.31. The molecule has 0 bridgehead atoms. The Morgan fingerprint density at radius 1 is 1.24 bits per heavy atom. The Bertz CT molecular complexity index is 951. The summed E-state index contributed by atoms with van der Waals surface area (Å²) in [6.07, 6.45) is 0.818. The molecule has 3 rings (SSSR count). The molecule has 1 fully saturated rings. The van der Waals surface area contributed by atoms with E-state index in [2.05, 4.69) is 10.6 Å². The number of carbonyl (C=O) groups excluding carboxylic acids is 3. The summed E-state index contributed by atoms with van der Waals surface area (Å²) in [4.78, 5) is 38.8. The summed E-state index contributed by atoms with van der Waals surface area (Å²) >= 11 is 5.80. The number of carbonyl (C=O) groups is 3. The standard InChI is InChI=1S/C21H21ClFN3O3/c1-2-9-24-21(29)15-5-3-4-6-18(15)25-20(28)13-10-19(27)26(12-13)14-7-8-17(23)16(22)11-14/h3-8,11,13H,2,9-10,12H2,1H3,(H,24,29)(H,25,28). The number of para-hydroxylation sites is 1. The Balaban J connectivity index is 1.71. The van der Waals surface area contributed by atoms with Gasteiger partial charge in [0.05, 0.1) is 22.2 Å². The van der Waals surface area contributed by atoms with Gasteiger partial charge in [-0.25, -0.2) is 4.39 Å². The molecule has 0 saturated carbocycles. The fraction of sp³-hybridized carbons (Fsp3) is 0.286. The van der Waals surface area contributed by atoms with Gasteiger partial charge >= 0.3 is 0 Å². The minimum absolute atomic E-state index is 0.0189. The average Bonchev–Trinajstić information content (AvgIpc) is 3.10. The molecule has 0 aliphatic carbocycles. The van der Waals surface area contributed by atoms with E-state index in [1.807, 2.05) is 6.92 Å². The maximum atomic E-state index is 13.4. The lowest BCUT2D eigenvalue weighted by Gasteiger charge is -2.17. The molecule has 1 saturated heterocycles. The largest absolute Gasteiger partial charge is 0.352 e. The molecule has 29 heavy (non-hydrogen) atoms. The molecule has 0 radical (unpaired) electrons. The fourth-order valence-corrected chi connectivity index (χ4v) is 3.32. The van der Waals surface area contributed by atoms with Crippen LogP contribution in [-0.4, -0.2) is 30.8 Å². The highest BCUT2D eigenvalue weighted by atomic mass is 35.5. The van der Waals surface area contributed by atoms with Crippen LogP contribution >= 0.6 is 11.6 Å². The van der Waals surface area contributed by atoms with Gasteiger partial charge in [0.1, 0.15) is 5.82 Å². The van der Waals surface area contributed by atoms with Gasteiger partial charge in [0.15, 0.2) is 0 Å². The van der Waals surface area contributed by atoms with Crippen molar-refractivity contribution >= 4 is 40.7 Å². The molecule has 0 spiro atoms. The highest BCUT2D eigenvalue weighted by Crippen LogP contribution is 2.29. The van der Waals surface area contributed by atoms with Crippen LogP contribution in [0.25, 0.3) is 0 Å². The number of amides is 3. The zero-order valence-electron chi connectivity index (χ0n) is 15.9. The maximum absolute atomic E-state index is 13.4. The smallest absolute Gasteiger partial charge is 0.253 e. The number of nitrogens with zero attached hydrogens (tertiary/aromatic N) is 1. The first-order valence-corrected chi connectivity index (χ1v) is 9.72. The third-order valence-electron chi connectivity index (χ3n) is 4.68. The molecule has 1 aliphatic rings. The summed E-state index contributed by atoms with van der Waals surface area (Å²) in [5.41, 5.74) is 1.19. The van der Waals surface area contributed by atoms with Gasteiger partial charge in [0.25, 0.3) is 5.91 Å². The molecular weight excluding hydrogens is 397 g/mol. The minimum Gasteiger partial charge on any atom is -0.352 e. The Morgan fingerprint density at radius 2 is 2.00 bits per heavy atom. The van der Waals surface area contributed by atoms with Crippen molar-refractivity contribution in [2.24, 2.45) is 5.92 Å². The summed E-state index contributed by atoms with van der Waals surface area (Å²) in [6.45, 7) is 2.63. The van der Waals surface area contributed by atoms with E-state index in [-0.39, 0.29) is 35.7 Å². The van der Waals surface area contributed by atoms with E-state index < -0.39 is 11.7 Å². The lowest BCUT2D eigenvalue weighted by Crippen LogP contribution is -2.29. The molecular formula is C21H21ClFN3O3. The molecule has 2 N–H and O–H groups in total. The minimum atomic E-state index is -0.599. The van der Waals surface area contributed by atoms with E-state index in [4.69, 9.17) is 11.6 Å². The maximum Gasteiger partial charge on any atom is 0.253 e. The summed E-state index contributed by atoms with van der Waals surface area (Å²) < 4.78 is 13.4. The molecule has 2 aromatic rings. The summed E-state index contributed by atoms with van der Waals surface area (Å²) in [5.74, 6) is -2.05. The number of halogens is 2. The Labute approximate surface area is 173 Å². The number of hydrogen-bond acceptors (Lipinski definition) is 3. The molecule has 1 atom stereocenters. The molecule has 1 aliphatic heterocycles. The molecule has 2 aromatic carbocycles.